The molecule has 1 rings (SSSR count). The van der Waals surface area contributed by atoms with E-state index in [2.05, 4.69) is 44.4 Å². The minimum atomic E-state index is 0.281. The molecule has 0 spiro atoms. The fraction of sp³-hybridized carbons (Fsp3) is 1.00. The van der Waals surface area contributed by atoms with Gasteiger partial charge in [0.25, 0.3) is 0 Å². The van der Waals surface area contributed by atoms with Crippen molar-refractivity contribution in [1.29, 1.82) is 0 Å². The van der Waals surface area contributed by atoms with E-state index in [4.69, 9.17) is 5.73 Å². The zero-order valence-corrected chi connectivity index (χ0v) is 12.1. The Kier molecular flexibility index (Phi) is 5.62. The topological polar surface area (TPSA) is 29.3 Å². The average molecular weight is 244 g/mol. The molecule has 0 atom stereocenters. The molecule has 0 aromatic carbocycles. The molecule has 0 bridgehead atoms. The minimum Gasteiger partial charge on any atom is -0.329 e. The number of nitrogens with zero attached hydrogens (tertiary/aromatic N) is 1. The van der Waals surface area contributed by atoms with Gasteiger partial charge in [0.05, 0.1) is 0 Å². The first-order valence-corrected chi connectivity index (χ1v) is 7.72. The summed E-state index contributed by atoms with van der Waals surface area (Å²) >= 11 is 2.08. The van der Waals surface area contributed by atoms with Crippen molar-refractivity contribution in [2.24, 2.45) is 11.7 Å². The molecular weight excluding hydrogens is 216 g/mol. The van der Waals surface area contributed by atoms with E-state index in [1.807, 2.05) is 0 Å². The molecule has 0 amide bonds. The van der Waals surface area contributed by atoms with Crippen LogP contribution >= 0.6 is 11.8 Å². The third kappa shape index (κ3) is 3.38. The largest absolute Gasteiger partial charge is 0.329 e. The lowest BCUT2D eigenvalue weighted by atomic mass is 9.88. The third-order valence-electron chi connectivity index (χ3n) is 3.60. The van der Waals surface area contributed by atoms with Gasteiger partial charge < -0.3 is 5.73 Å². The van der Waals surface area contributed by atoms with Crippen LogP contribution in [0.3, 0.4) is 0 Å². The number of hydrogen-bond acceptors (Lipinski definition) is 3. The van der Waals surface area contributed by atoms with Crippen molar-refractivity contribution in [3.05, 3.63) is 0 Å². The highest BCUT2D eigenvalue weighted by atomic mass is 32.2. The van der Waals surface area contributed by atoms with Gasteiger partial charge in [0.1, 0.15) is 0 Å². The van der Waals surface area contributed by atoms with Crippen molar-refractivity contribution in [2.75, 3.05) is 24.6 Å². The molecular formula is C13H28N2S. The maximum Gasteiger partial charge on any atom is 0.0350 e. The first-order valence-electron chi connectivity index (χ1n) is 6.56. The zero-order valence-electron chi connectivity index (χ0n) is 11.3. The van der Waals surface area contributed by atoms with Crippen LogP contribution in [-0.2, 0) is 0 Å². The van der Waals surface area contributed by atoms with E-state index < -0.39 is 0 Å². The van der Waals surface area contributed by atoms with E-state index in [9.17, 15) is 0 Å². The first-order chi connectivity index (χ1) is 7.52. The second-order valence-electron chi connectivity index (χ2n) is 5.68. The van der Waals surface area contributed by atoms with E-state index in [0.29, 0.717) is 6.04 Å². The molecule has 2 N–H and O–H groups in total. The minimum absolute atomic E-state index is 0.281. The van der Waals surface area contributed by atoms with Crippen LogP contribution in [0, 0.1) is 5.92 Å². The lowest BCUT2D eigenvalue weighted by molar-refractivity contribution is 0.0422. The van der Waals surface area contributed by atoms with Gasteiger partial charge in [-0.1, -0.05) is 13.8 Å². The molecule has 1 heterocycles. The van der Waals surface area contributed by atoms with Gasteiger partial charge >= 0.3 is 0 Å². The molecule has 1 saturated heterocycles. The van der Waals surface area contributed by atoms with Crippen molar-refractivity contribution in [1.82, 2.24) is 4.90 Å². The lowest BCUT2D eigenvalue weighted by Crippen LogP contribution is -2.59. The van der Waals surface area contributed by atoms with E-state index in [1.165, 1.54) is 30.9 Å². The van der Waals surface area contributed by atoms with E-state index in [1.54, 1.807) is 0 Å². The Morgan fingerprint density at radius 1 is 1.19 bits per heavy atom. The molecule has 0 unspecified atom stereocenters. The quantitative estimate of drug-likeness (QED) is 0.806. The number of hydrogen-bond donors (Lipinski definition) is 1. The predicted octanol–water partition coefficient (Wildman–Crippen LogP) is 2.58. The summed E-state index contributed by atoms with van der Waals surface area (Å²) in [6, 6.07) is 0.606. The summed E-state index contributed by atoms with van der Waals surface area (Å²) in [5.74, 6) is 3.28. The van der Waals surface area contributed by atoms with Gasteiger partial charge in [-0.3, -0.25) is 4.90 Å². The van der Waals surface area contributed by atoms with Gasteiger partial charge in [-0.25, -0.2) is 0 Å². The third-order valence-corrected chi connectivity index (χ3v) is 4.58. The Bertz CT molecular complexity index is 198. The van der Waals surface area contributed by atoms with Crippen molar-refractivity contribution in [3.63, 3.8) is 0 Å². The van der Waals surface area contributed by atoms with Crippen molar-refractivity contribution in [3.8, 4) is 0 Å². The van der Waals surface area contributed by atoms with Gasteiger partial charge in [-0.2, -0.15) is 11.8 Å². The first kappa shape index (κ1) is 14.3. The summed E-state index contributed by atoms with van der Waals surface area (Å²) in [7, 11) is 0. The molecule has 1 aliphatic rings. The number of thioether (sulfide) groups is 1. The van der Waals surface area contributed by atoms with Gasteiger partial charge in [0.2, 0.25) is 0 Å². The smallest absolute Gasteiger partial charge is 0.0350 e. The Labute approximate surface area is 105 Å². The van der Waals surface area contributed by atoms with Crippen molar-refractivity contribution < 1.29 is 0 Å². The van der Waals surface area contributed by atoms with Crippen LogP contribution in [0.25, 0.3) is 0 Å². The van der Waals surface area contributed by atoms with Crippen LogP contribution in [0.5, 0.6) is 0 Å². The van der Waals surface area contributed by atoms with Crippen LogP contribution in [-0.4, -0.2) is 41.1 Å². The fourth-order valence-corrected chi connectivity index (χ4v) is 3.96. The van der Waals surface area contributed by atoms with Gasteiger partial charge in [-0.05, 0) is 44.1 Å². The Hall–Kier alpha value is 0.270. The molecule has 0 aromatic heterocycles. The molecule has 3 heteroatoms. The highest BCUT2D eigenvalue weighted by Gasteiger charge is 2.38. The second-order valence-corrected chi connectivity index (χ2v) is 6.91. The Morgan fingerprint density at radius 2 is 1.75 bits per heavy atom. The van der Waals surface area contributed by atoms with E-state index >= 15 is 0 Å². The summed E-state index contributed by atoms with van der Waals surface area (Å²) in [5, 5.41) is 0. The zero-order chi connectivity index (χ0) is 12.2. The van der Waals surface area contributed by atoms with E-state index in [0.717, 1.165) is 12.5 Å². The molecule has 0 aromatic rings. The summed E-state index contributed by atoms with van der Waals surface area (Å²) in [4.78, 5) is 2.66. The van der Waals surface area contributed by atoms with Crippen molar-refractivity contribution in [2.45, 2.75) is 52.1 Å². The van der Waals surface area contributed by atoms with Crippen molar-refractivity contribution >= 4 is 11.8 Å². The molecule has 16 heavy (non-hydrogen) atoms. The van der Waals surface area contributed by atoms with Crippen LogP contribution in [0.2, 0.25) is 0 Å². The number of rotatable bonds is 5. The van der Waals surface area contributed by atoms with Gasteiger partial charge in [0.15, 0.2) is 0 Å². The highest BCUT2D eigenvalue weighted by Crippen LogP contribution is 2.33. The maximum absolute atomic E-state index is 6.10. The maximum atomic E-state index is 6.10. The summed E-state index contributed by atoms with van der Waals surface area (Å²) in [6.07, 6.45) is 2.53. The van der Waals surface area contributed by atoms with Crippen LogP contribution < -0.4 is 5.73 Å². The standard InChI is InChI=1S/C13H28N2S/c1-11(2)9-15(12(3)4)13(10-14)5-7-16-8-6-13/h11-12H,5-10,14H2,1-4H3. The van der Waals surface area contributed by atoms with Crippen LogP contribution in [0.15, 0.2) is 0 Å². The SMILES string of the molecule is CC(C)CN(C(C)C)C1(CN)CCSCC1. The van der Waals surface area contributed by atoms with Gasteiger partial charge in [-0.15, -0.1) is 0 Å². The Balaban J connectivity index is 2.78. The summed E-state index contributed by atoms with van der Waals surface area (Å²) in [6.45, 7) is 11.2. The van der Waals surface area contributed by atoms with E-state index in [-0.39, 0.29) is 5.54 Å². The molecule has 96 valence electrons. The van der Waals surface area contributed by atoms with Crippen LogP contribution in [0.4, 0.5) is 0 Å². The predicted molar refractivity (Wildman–Crippen MR) is 75.0 cm³/mol. The Morgan fingerprint density at radius 3 is 2.12 bits per heavy atom. The molecule has 1 fully saturated rings. The molecule has 0 radical (unpaired) electrons. The molecule has 0 saturated carbocycles. The summed E-state index contributed by atoms with van der Waals surface area (Å²) < 4.78 is 0. The fourth-order valence-electron chi connectivity index (χ4n) is 2.71. The van der Waals surface area contributed by atoms with Gasteiger partial charge in [0, 0.05) is 24.7 Å². The number of nitrogens with two attached hydrogens (primary N) is 1. The monoisotopic (exact) mass is 244 g/mol. The average Bonchev–Trinajstić information content (AvgIpc) is 2.26. The molecule has 2 nitrogen and oxygen atoms in total. The second kappa shape index (κ2) is 6.27. The lowest BCUT2D eigenvalue weighted by Gasteiger charge is -2.48. The molecule has 1 aliphatic heterocycles. The summed E-state index contributed by atoms with van der Waals surface area (Å²) in [5.41, 5.74) is 6.38. The highest BCUT2D eigenvalue weighted by molar-refractivity contribution is 7.99. The normalized spacial score (nSPS) is 21.0. The van der Waals surface area contributed by atoms with Crippen LogP contribution in [0.1, 0.15) is 40.5 Å². The molecule has 0 aliphatic carbocycles.